The van der Waals surface area contributed by atoms with Crippen LogP contribution in [0, 0.1) is 0 Å². The molecule has 1 unspecified atom stereocenters. The quantitative estimate of drug-likeness (QED) is 0.808. The van der Waals surface area contributed by atoms with Crippen molar-refractivity contribution in [2.24, 2.45) is 0 Å². The number of hydrogen-bond donors (Lipinski definition) is 2. The van der Waals surface area contributed by atoms with Crippen LogP contribution in [0.2, 0.25) is 0 Å². The van der Waals surface area contributed by atoms with Gasteiger partial charge in [0, 0.05) is 12.7 Å². The van der Waals surface area contributed by atoms with Crippen molar-refractivity contribution in [3.8, 4) is 0 Å². The van der Waals surface area contributed by atoms with E-state index < -0.39 is 0 Å². The predicted molar refractivity (Wildman–Crippen MR) is 70.6 cm³/mol. The van der Waals surface area contributed by atoms with Crippen molar-refractivity contribution in [3.05, 3.63) is 17.5 Å². The summed E-state index contributed by atoms with van der Waals surface area (Å²) in [7, 11) is 0. The molecule has 1 aromatic heterocycles. The molecule has 0 aliphatic carbocycles. The largest absolute Gasteiger partial charge is 0.394 e. The number of aryl methyl sites for hydroxylation is 1. The molecule has 0 aliphatic heterocycles. The maximum absolute atomic E-state index is 12.2. The molecule has 1 rings (SSSR count). The van der Waals surface area contributed by atoms with Gasteiger partial charge in [-0.15, -0.1) is 0 Å². The summed E-state index contributed by atoms with van der Waals surface area (Å²) in [6.07, 6.45) is 2.48. The zero-order valence-electron chi connectivity index (χ0n) is 11.6. The molecule has 0 spiro atoms. The summed E-state index contributed by atoms with van der Waals surface area (Å²) in [6.45, 7) is 8.65. The molecule has 0 saturated heterocycles. The number of hydrogen-bond acceptors (Lipinski definition) is 3. The number of aliphatic hydroxyl groups excluding tert-OH is 1. The van der Waals surface area contributed by atoms with Crippen molar-refractivity contribution in [2.75, 3.05) is 6.61 Å². The first-order valence-electron chi connectivity index (χ1n) is 6.52. The fraction of sp³-hybridized carbons (Fsp3) is 0.692. The van der Waals surface area contributed by atoms with Crippen LogP contribution in [0.15, 0.2) is 6.20 Å². The number of aliphatic hydroxyl groups is 1. The average Bonchev–Trinajstić information content (AvgIpc) is 2.80. The van der Waals surface area contributed by atoms with Gasteiger partial charge in [0.15, 0.2) is 0 Å². The monoisotopic (exact) mass is 253 g/mol. The van der Waals surface area contributed by atoms with Gasteiger partial charge in [-0.2, -0.15) is 5.10 Å². The molecule has 18 heavy (non-hydrogen) atoms. The Morgan fingerprint density at radius 3 is 2.61 bits per heavy atom. The van der Waals surface area contributed by atoms with E-state index in [2.05, 4.69) is 10.4 Å². The zero-order chi connectivity index (χ0) is 13.7. The van der Waals surface area contributed by atoms with E-state index in [4.69, 9.17) is 5.11 Å². The smallest absolute Gasteiger partial charge is 0.255 e. The van der Waals surface area contributed by atoms with E-state index in [0.29, 0.717) is 12.0 Å². The third-order valence-corrected chi connectivity index (χ3v) is 2.95. The summed E-state index contributed by atoms with van der Waals surface area (Å²) in [5.41, 5.74) is 1.42. The highest BCUT2D eigenvalue weighted by atomic mass is 16.3. The molecular weight excluding hydrogens is 230 g/mol. The van der Waals surface area contributed by atoms with Gasteiger partial charge in [-0.05, 0) is 19.3 Å². The number of nitrogens with zero attached hydrogens (tertiary/aromatic N) is 2. The lowest BCUT2D eigenvalue weighted by atomic mass is 10.1. The Kier molecular flexibility index (Phi) is 5.34. The number of carbonyl (C=O) groups excluding carboxylic acids is 1. The van der Waals surface area contributed by atoms with Crippen LogP contribution in [0.3, 0.4) is 0 Å². The summed E-state index contributed by atoms with van der Waals surface area (Å²) >= 11 is 0. The van der Waals surface area contributed by atoms with E-state index in [9.17, 15) is 4.79 Å². The number of carbonyl (C=O) groups is 1. The topological polar surface area (TPSA) is 67.2 Å². The first-order valence-corrected chi connectivity index (χ1v) is 6.52. The molecule has 0 fully saturated rings. The third-order valence-electron chi connectivity index (χ3n) is 2.95. The van der Waals surface area contributed by atoms with Gasteiger partial charge < -0.3 is 10.4 Å². The average molecular weight is 253 g/mol. The lowest BCUT2D eigenvalue weighted by Crippen LogP contribution is -2.37. The van der Waals surface area contributed by atoms with Crippen LogP contribution in [0.4, 0.5) is 0 Å². The molecule has 0 aliphatic rings. The van der Waals surface area contributed by atoms with Gasteiger partial charge in [-0.1, -0.05) is 20.8 Å². The molecule has 102 valence electrons. The Balaban J connectivity index is 2.93. The van der Waals surface area contributed by atoms with Crippen LogP contribution in [0.5, 0.6) is 0 Å². The van der Waals surface area contributed by atoms with E-state index in [-0.39, 0.29) is 24.5 Å². The number of aromatic nitrogens is 2. The number of rotatable bonds is 6. The number of amides is 1. The van der Waals surface area contributed by atoms with Gasteiger partial charge in [-0.25, -0.2) is 0 Å². The molecule has 0 radical (unpaired) electrons. The highest BCUT2D eigenvalue weighted by Gasteiger charge is 2.20. The van der Waals surface area contributed by atoms with Crippen LogP contribution in [0.1, 0.15) is 56.1 Å². The first-order chi connectivity index (χ1) is 8.53. The summed E-state index contributed by atoms with van der Waals surface area (Å²) in [5, 5.41) is 16.3. The van der Waals surface area contributed by atoms with E-state index in [0.717, 1.165) is 12.2 Å². The normalized spacial score (nSPS) is 12.8. The molecule has 5 heteroatoms. The minimum absolute atomic E-state index is 0.0405. The first kappa shape index (κ1) is 14.7. The second kappa shape index (κ2) is 6.54. The molecule has 0 bridgehead atoms. The molecule has 5 nitrogen and oxygen atoms in total. The van der Waals surface area contributed by atoms with Crippen molar-refractivity contribution in [2.45, 2.75) is 52.6 Å². The van der Waals surface area contributed by atoms with E-state index >= 15 is 0 Å². The summed E-state index contributed by atoms with van der Waals surface area (Å²) in [6, 6.07) is -0.192. The van der Waals surface area contributed by atoms with E-state index in [1.54, 1.807) is 10.9 Å². The molecule has 1 aromatic rings. The maximum Gasteiger partial charge on any atom is 0.255 e. The minimum atomic E-state index is -0.192. The van der Waals surface area contributed by atoms with Crippen molar-refractivity contribution < 1.29 is 9.90 Å². The maximum atomic E-state index is 12.2. The molecular formula is C13H23N3O2. The minimum Gasteiger partial charge on any atom is -0.394 e. The summed E-state index contributed by atoms with van der Waals surface area (Å²) in [5.74, 6) is 0.0482. The Labute approximate surface area is 108 Å². The Bertz CT molecular complexity index is 395. The van der Waals surface area contributed by atoms with Crippen LogP contribution in [0.25, 0.3) is 0 Å². The van der Waals surface area contributed by atoms with Crippen LogP contribution in [-0.2, 0) is 6.54 Å². The molecule has 2 N–H and O–H groups in total. The molecule has 1 atom stereocenters. The van der Waals surface area contributed by atoms with Crippen LogP contribution in [-0.4, -0.2) is 33.4 Å². The van der Waals surface area contributed by atoms with Crippen molar-refractivity contribution in [1.82, 2.24) is 15.1 Å². The highest BCUT2D eigenvalue weighted by Crippen LogP contribution is 2.17. The molecule has 0 aromatic carbocycles. The van der Waals surface area contributed by atoms with Gasteiger partial charge in [0.1, 0.15) is 0 Å². The lowest BCUT2D eigenvalue weighted by Gasteiger charge is -2.14. The predicted octanol–water partition coefficient (Wildman–Crippen LogP) is 1.53. The SMILES string of the molecule is CCC(CO)NC(=O)c1cn(CC)nc1C(C)C. The van der Waals surface area contributed by atoms with Crippen molar-refractivity contribution in [1.29, 1.82) is 0 Å². The molecule has 1 amide bonds. The van der Waals surface area contributed by atoms with Crippen LogP contribution >= 0.6 is 0 Å². The Morgan fingerprint density at radius 2 is 2.17 bits per heavy atom. The summed E-state index contributed by atoms with van der Waals surface area (Å²) in [4.78, 5) is 12.2. The lowest BCUT2D eigenvalue weighted by molar-refractivity contribution is 0.0913. The zero-order valence-corrected chi connectivity index (χ0v) is 11.6. The summed E-state index contributed by atoms with van der Waals surface area (Å²) < 4.78 is 1.77. The second-order valence-electron chi connectivity index (χ2n) is 4.70. The van der Waals surface area contributed by atoms with Gasteiger partial charge in [0.2, 0.25) is 0 Å². The van der Waals surface area contributed by atoms with Gasteiger partial charge in [-0.3, -0.25) is 9.48 Å². The van der Waals surface area contributed by atoms with Gasteiger partial charge in [0.25, 0.3) is 5.91 Å². The van der Waals surface area contributed by atoms with Gasteiger partial charge in [0.05, 0.1) is 23.9 Å². The molecule has 1 heterocycles. The van der Waals surface area contributed by atoms with Crippen molar-refractivity contribution >= 4 is 5.91 Å². The Morgan fingerprint density at radius 1 is 1.50 bits per heavy atom. The fourth-order valence-corrected chi connectivity index (χ4v) is 1.74. The van der Waals surface area contributed by atoms with Crippen molar-refractivity contribution in [3.63, 3.8) is 0 Å². The fourth-order valence-electron chi connectivity index (χ4n) is 1.74. The Hall–Kier alpha value is -1.36. The molecule has 0 saturated carbocycles. The number of nitrogens with one attached hydrogen (secondary N) is 1. The third kappa shape index (κ3) is 3.32. The standard InChI is InChI=1S/C13H23N3O2/c1-5-10(8-17)14-13(18)11-7-16(6-2)15-12(11)9(3)4/h7,9-10,17H,5-6,8H2,1-4H3,(H,14,18). The van der Waals surface area contributed by atoms with Crippen LogP contribution < -0.4 is 5.32 Å². The second-order valence-corrected chi connectivity index (χ2v) is 4.70. The van der Waals surface area contributed by atoms with E-state index in [1.165, 1.54) is 0 Å². The van der Waals surface area contributed by atoms with Gasteiger partial charge >= 0.3 is 0 Å². The highest BCUT2D eigenvalue weighted by molar-refractivity contribution is 5.95. The van der Waals surface area contributed by atoms with E-state index in [1.807, 2.05) is 27.7 Å².